The van der Waals surface area contributed by atoms with Gasteiger partial charge in [0, 0.05) is 11.1 Å². The molecule has 0 saturated carbocycles. The van der Waals surface area contributed by atoms with Crippen molar-refractivity contribution in [3.63, 3.8) is 0 Å². The predicted molar refractivity (Wildman–Crippen MR) is 152 cm³/mol. The molecule has 0 aliphatic rings. The summed E-state index contributed by atoms with van der Waals surface area (Å²) in [4.78, 5) is 11.6. The van der Waals surface area contributed by atoms with Gasteiger partial charge in [0.25, 0.3) is 0 Å². The normalized spacial score (nSPS) is 10.7. The molecule has 202 valence electrons. The number of aliphatic hydroxyl groups is 1. The molecule has 0 radical (unpaired) electrons. The van der Waals surface area contributed by atoms with Gasteiger partial charge in [0.15, 0.2) is 0 Å². The molecule has 0 atom stereocenters. The minimum absolute atomic E-state index is 0.108. The van der Waals surface area contributed by atoms with E-state index in [1.54, 1.807) is 6.92 Å². The van der Waals surface area contributed by atoms with Gasteiger partial charge in [-0.15, -0.1) is 0 Å². The largest absolute Gasteiger partial charge is 0.490 e. The molecule has 38 heavy (non-hydrogen) atoms. The van der Waals surface area contributed by atoms with Crippen molar-refractivity contribution in [1.82, 2.24) is 0 Å². The summed E-state index contributed by atoms with van der Waals surface area (Å²) in [6.07, 6.45) is 5.71. The molecule has 0 bridgehead atoms. The predicted octanol–water partition coefficient (Wildman–Crippen LogP) is 7.22. The highest BCUT2D eigenvalue weighted by molar-refractivity contribution is 5.86. The van der Waals surface area contributed by atoms with E-state index < -0.39 is 5.97 Å². The average molecular weight is 517 g/mol. The van der Waals surface area contributed by atoms with Gasteiger partial charge in [0.1, 0.15) is 31.3 Å². The monoisotopic (exact) mass is 516 g/mol. The van der Waals surface area contributed by atoms with Crippen LogP contribution in [0.5, 0.6) is 11.5 Å². The number of carbonyl (C=O) groups is 1. The standard InChI is InChI=1S/C33H40O5/c1-5-7-8-9-25-10-15-30(16-11-25)38-23-26-12-17-31(27(6-2)20-26)28-13-14-29(22-34)32(21-28)36-18-19-37-33(35)24(3)4/h10-17,20-21,34H,3,5-9,18-19,22-23H2,1-2,4H3. The lowest BCUT2D eigenvalue weighted by Crippen LogP contribution is -2.13. The summed E-state index contributed by atoms with van der Waals surface area (Å²) in [5.74, 6) is 1.01. The summed E-state index contributed by atoms with van der Waals surface area (Å²) < 4.78 is 17.0. The highest BCUT2D eigenvalue weighted by Gasteiger charge is 2.11. The number of ether oxygens (including phenoxy) is 3. The first-order chi connectivity index (χ1) is 18.4. The third-order valence-electron chi connectivity index (χ3n) is 6.42. The lowest BCUT2D eigenvalue weighted by molar-refractivity contribution is -0.139. The van der Waals surface area contributed by atoms with Gasteiger partial charge in [-0.3, -0.25) is 0 Å². The molecule has 5 heteroatoms. The molecule has 5 nitrogen and oxygen atoms in total. The molecule has 0 aromatic heterocycles. The molecular weight excluding hydrogens is 476 g/mol. The fourth-order valence-corrected chi connectivity index (χ4v) is 4.21. The van der Waals surface area contributed by atoms with Gasteiger partial charge in [0.2, 0.25) is 0 Å². The van der Waals surface area contributed by atoms with Gasteiger partial charge in [-0.25, -0.2) is 4.79 Å². The number of esters is 1. The van der Waals surface area contributed by atoms with E-state index in [9.17, 15) is 9.90 Å². The Morgan fingerprint density at radius 1 is 0.868 bits per heavy atom. The number of hydrogen-bond donors (Lipinski definition) is 1. The molecule has 0 aliphatic heterocycles. The van der Waals surface area contributed by atoms with Crippen molar-refractivity contribution in [2.24, 2.45) is 0 Å². The molecule has 0 saturated heterocycles. The fraction of sp³-hybridized carbons (Fsp3) is 0.364. The van der Waals surface area contributed by atoms with Crippen LogP contribution in [0.15, 0.2) is 72.8 Å². The van der Waals surface area contributed by atoms with Gasteiger partial charge in [-0.2, -0.15) is 0 Å². The van der Waals surface area contributed by atoms with Crippen LogP contribution in [0.25, 0.3) is 11.1 Å². The Balaban J connectivity index is 1.66. The Morgan fingerprint density at radius 2 is 1.63 bits per heavy atom. The number of aryl methyl sites for hydroxylation is 2. The minimum Gasteiger partial charge on any atom is -0.490 e. The zero-order valence-electron chi connectivity index (χ0n) is 22.9. The first-order valence-corrected chi connectivity index (χ1v) is 13.5. The first-order valence-electron chi connectivity index (χ1n) is 13.5. The molecule has 3 aromatic carbocycles. The summed E-state index contributed by atoms with van der Waals surface area (Å²) in [5.41, 5.74) is 6.80. The second kappa shape index (κ2) is 15.0. The number of hydrogen-bond acceptors (Lipinski definition) is 5. The van der Waals surface area contributed by atoms with Gasteiger partial charge in [-0.1, -0.05) is 75.7 Å². The number of carbonyl (C=O) groups excluding carboxylic acids is 1. The number of aliphatic hydroxyl groups excluding tert-OH is 1. The van der Waals surface area contributed by atoms with Crippen molar-refractivity contribution in [2.75, 3.05) is 13.2 Å². The van der Waals surface area contributed by atoms with E-state index in [1.807, 2.05) is 18.2 Å². The van der Waals surface area contributed by atoms with E-state index in [2.05, 4.69) is 62.9 Å². The third kappa shape index (κ3) is 8.49. The van der Waals surface area contributed by atoms with Gasteiger partial charge in [-0.05, 0) is 72.2 Å². The third-order valence-corrected chi connectivity index (χ3v) is 6.42. The number of unbranched alkanes of at least 4 members (excludes halogenated alkanes) is 2. The molecular formula is C33H40O5. The second-order valence-electron chi connectivity index (χ2n) is 9.48. The van der Waals surface area contributed by atoms with Crippen LogP contribution in [-0.4, -0.2) is 24.3 Å². The van der Waals surface area contributed by atoms with Crippen molar-refractivity contribution in [3.05, 3.63) is 95.1 Å². The zero-order valence-corrected chi connectivity index (χ0v) is 22.9. The van der Waals surface area contributed by atoms with Crippen LogP contribution in [0, 0.1) is 0 Å². The van der Waals surface area contributed by atoms with E-state index in [0.29, 0.717) is 23.5 Å². The maximum Gasteiger partial charge on any atom is 0.333 e. The molecule has 0 amide bonds. The summed E-state index contributed by atoms with van der Waals surface area (Å²) in [5, 5.41) is 9.76. The molecule has 0 heterocycles. The molecule has 0 aliphatic carbocycles. The van der Waals surface area contributed by atoms with Crippen LogP contribution in [0.3, 0.4) is 0 Å². The lowest BCUT2D eigenvalue weighted by Gasteiger charge is -2.15. The maximum atomic E-state index is 11.6. The van der Waals surface area contributed by atoms with Crippen molar-refractivity contribution in [3.8, 4) is 22.6 Å². The smallest absolute Gasteiger partial charge is 0.333 e. The van der Waals surface area contributed by atoms with Gasteiger partial charge in [0.05, 0.1) is 6.61 Å². The zero-order chi connectivity index (χ0) is 27.3. The number of benzene rings is 3. The molecule has 3 rings (SSSR count). The van der Waals surface area contributed by atoms with Crippen molar-refractivity contribution >= 4 is 5.97 Å². The highest BCUT2D eigenvalue weighted by Crippen LogP contribution is 2.31. The Hall–Kier alpha value is -3.57. The summed E-state index contributed by atoms with van der Waals surface area (Å²) in [6.45, 7) is 10.2. The van der Waals surface area contributed by atoms with Gasteiger partial charge < -0.3 is 19.3 Å². The van der Waals surface area contributed by atoms with Crippen LogP contribution >= 0.6 is 0 Å². The Morgan fingerprint density at radius 3 is 2.32 bits per heavy atom. The highest BCUT2D eigenvalue weighted by atomic mass is 16.6. The minimum atomic E-state index is -0.444. The Kier molecular flexibility index (Phi) is 11.4. The van der Waals surface area contributed by atoms with Crippen LogP contribution in [0.2, 0.25) is 0 Å². The quantitative estimate of drug-likeness (QED) is 0.131. The van der Waals surface area contributed by atoms with Crippen LogP contribution in [0.1, 0.15) is 62.3 Å². The SMILES string of the molecule is C=C(C)C(=O)OCCOc1cc(-c2ccc(COc3ccc(CCCCC)cc3)cc2CC)ccc1CO. The summed E-state index contributed by atoms with van der Waals surface area (Å²) in [7, 11) is 0. The van der Waals surface area contributed by atoms with Crippen molar-refractivity contribution < 1.29 is 24.1 Å². The van der Waals surface area contributed by atoms with E-state index in [1.165, 1.54) is 30.4 Å². The van der Waals surface area contributed by atoms with Crippen LogP contribution < -0.4 is 9.47 Å². The van der Waals surface area contributed by atoms with Crippen molar-refractivity contribution in [1.29, 1.82) is 0 Å². The van der Waals surface area contributed by atoms with E-state index in [0.717, 1.165) is 35.3 Å². The van der Waals surface area contributed by atoms with Crippen LogP contribution in [-0.2, 0) is 35.6 Å². The van der Waals surface area contributed by atoms with E-state index >= 15 is 0 Å². The fourth-order valence-electron chi connectivity index (χ4n) is 4.21. The van der Waals surface area contributed by atoms with Gasteiger partial charge >= 0.3 is 5.97 Å². The van der Waals surface area contributed by atoms with E-state index in [-0.39, 0.29) is 19.8 Å². The Bertz CT molecular complexity index is 1200. The first kappa shape index (κ1) is 29.0. The molecule has 0 fully saturated rings. The topological polar surface area (TPSA) is 65.0 Å². The molecule has 0 spiro atoms. The number of rotatable bonds is 15. The molecule has 1 N–H and O–H groups in total. The Labute approximate surface area is 227 Å². The second-order valence-corrected chi connectivity index (χ2v) is 9.48. The molecule has 3 aromatic rings. The summed E-state index contributed by atoms with van der Waals surface area (Å²) in [6, 6.07) is 20.6. The van der Waals surface area contributed by atoms with Crippen molar-refractivity contribution in [2.45, 2.75) is 66.1 Å². The van der Waals surface area contributed by atoms with E-state index in [4.69, 9.17) is 14.2 Å². The summed E-state index contributed by atoms with van der Waals surface area (Å²) >= 11 is 0. The maximum absolute atomic E-state index is 11.6. The lowest BCUT2D eigenvalue weighted by atomic mass is 9.95. The van der Waals surface area contributed by atoms with Crippen LogP contribution in [0.4, 0.5) is 0 Å². The molecule has 0 unspecified atom stereocenters. The average Bonchev–Trinajstić information content (AvgIpc) is 2.94.